The summed E-state index contributed by atoms with van der Waals surface area (Å²) in [4.78, 5) is 12.2. The lowest BCUT2D eigenvalue weighted by Gasteiger charge is -2.36. The molecule has 0 amide bonds. The second-order valence-electron chi connectivity index (χ2n) is 6.66. The molecule has 21 heavy (non-hydrogen) atoms. The molecule has 1 saturated carbocycles. The molecule has 1 aliphatic rings. The molecule has 0 saturated heterocycles. The van der Waals surface area contributed by atoms with Crippen LogP contribution in [0.5, 0.6) is 0 Å². The Balaban J connectivity index is 1.94. The van der Waals surface area contributed by atoms with Crippen molar-refractivity contribution in [3.05, 3.63) is 34.3 Å². The third-order valence-electron chi connectivity index (χ3n) is 4.51. The first kappa shape index (κ1) is 16.5. The van der Waals surface area contributed by atoms with E-state index in [-0.39, 0.29) is 12.1 Å². The molecule has 0 spiro atoms. The molecular formula is C18H25BrO2. The van der Waals surface area contributed by atoms with E-state index in [9.17, 15) is 4.79 Å². The number of carbonyl (C=O) groups excluding carboxylic acids is 1. The third kappa shape index (κ3) is 4.84. The molecule has 116 valence electrons. The number of halogens is 1. The monoisotopic (exact) mass is 352 g/mol. The maximum absolute atomic E-state index is 12.2. The average Bonchev–Trinajstić information content (AvgIpc) is 2.41. The summed E-state index contributed by atoms with van der Waals surface area (Å²) < 4.78 is 6.85. The van der Waals surface area contributed by atoms with Crippen LogP contribution in [-0.2, 0) is 16.0 Å². The molecule has 1 aromatic carbocycles. The molecule has 0 aliphatic heterocycles. The lowest BCUT2D eigenvalue weighted by atomic mass is 9.75. The van der Waals surface area contributed by atoms with E-state index in [1.165, 1.54) is 12.8 Å². The Morgan fingerprint density at radius 2 is 1.95 bits per heavy atom. The van der Waals surface area contributed by atoms with E-state index >= 15 is 0 Å². The van der Waals surface area contributed by atoms with Crippen LogP contribution in [0.1, 0.15) is 45.6 Å². The number of esters is 1. The largest absolute Gasteiger partial charge is 0.462 e. The normalized spacial score (nSPS) is 25.9. The minimum absolute atomic E-state index is 0.0942. The zero-order valence-electron chi connectivity index (χ0n) is 13.1. The Bertz CT molecular complexity index is 467. The van der Waals surface area contributed by atoms with E-state index in [4.69, 9.17) is 4.74 Å². The van der Waals surface area contributed by atoms with Crippen LogP contribution in [0.3, 0.4) is 0 Å². The predicted octanol–water partition coefficient (Wildman–Crippen LogP) is 5.00. The summed E-state index contributed by atoms with van der Waals surface area (Å²) in [5, 5.41) is 0. The van der Waals surface area contributed by atoms with Gasteiger partial charge in [0.15, 0.2) is 0 Å². The lowest BCUT2D eigenvalue weighted by Crippen LogP contribution is -2.36. The van der Waals surface area contributed by atoms with Gasteiger partial charge in [0.1, 0.15) is 6.10 Å². The van der Waals surface area contributed by atoms with Gasteiger partial charge in [-0.3, -0.25) is 4.79 Å². The van der Waals surface area contributed by atoms with Crippen molar-refractivity contribution in [1.82, 2.24) is 0 Å². The predicted molar refractivity (Wildman–Crippen MR) is 89.1 cm³/mol. The second-order valence-corrected chi connectivity index (χ2v) is 7.57. The molecule has 0 unspecified atom stereocenters. The number of hydrogen-bond acceptors (Lipinski definition) is 2. The van der Waals surface area contributed by atoms with Crippen LogP contribution in [0.4, 0.5) is 0 Å². The molecule has 1 aromatic rings. The minimum Gasteiger partial charge on any atom is -0.462 e. The van der Waals surface area contributed by atoms with Gasteiger partial charge >= 0.3 is 5.97 Å². The van der Waals surface area contributed by atoms with Crippen molar-refractivity contribution in [2.45, 2.75) is 52.6 Å². The van der Waals surface area contributed by atoms with Gasteiger partial charge in [0.25, 0.3) is 0 Å². The molecule has 0 heterocycles. The van der Waals surface area contributed by atoms with Gasteiger partial charge in [0.05, 0.1) is 6.42 Å². The van der Waals surface area contributed by atoms with E-state index in [1.807, 2.05) is 24.3 Å². The number of carbonyl (C=O) groups is 1. The van der Waals surface area contributed by atoms with Crippen molar-refractivity contribution in [2.24, 2.45) is 17.8 Å². The molecular weight excluding hydrogens is 328 g/mol. The SMILES string of the molecule is CC(C)[C@H]1CC[C@H](C)C[C@@H]1OC(=O)Cc1ccc(Br)cc1. The fourth-order valence-electron chi connectivity index (χ4n) is 3.23. The first-order valence-electron chi connectivity index (χ1n) is 7.89. The van der Waals surface area contributed by atoms with Crippen LogP contribution in [0.25, 0.3) is 0 Å². The first-order chi connectivity index (χ1) is 9.95. The van der Waals surface area contributed by atoms with E-state index in [1.54, 1.807) is 0 Å². The quantitative estimate of drug-likeness (QED) is 0.713. The van der Waals surface area contributed by atoms with E-state index in [0.29, 0.717) is 24.2 Å². The van der Waals surface area contributed by atoms with Gasteiger partial charge in [0, 0.05) is 4.47 Å². The standard InChI is InChI=1S/C18H25BrO2/c1-12(2)16-9-4-13(3)10-17(16)21-18(20)11-14-5-7-15(19)8-6-14/h5-8,12-13,16-17H,4,9-11H2,1-3H3/t13-,16+,17-/m0/s1. The van der Waals surface area contributed by atoms with Crippen molar-refractivity contribution in [2.75, 3.05) is 0 Å². The summed E-state index contributed by atoms with van der Waals surface area (Å²) in [6.45, 7) is 6.72. The molecule has 0 radical (unpaired) electrons. The van der Waals surface area contributed by atoms with Gasteiger partial charge in [-0.15, -0.1) is 0 Å². The molecule has 0 bridgehead atoms. The Morgan fingerprint density at radius 1 is 1.29 bits per heavy atom. The molecule has 0 aromatic heterocycles. The number of benzene rings is 1. The molecule has 3 atom stereocenters. The highest BCUT2D eigenvalue weighted by molar-refractivity contribution is 9.10. The summed E-state index contributed by atoms with van der Waals surface area (Å²) in [6.07, 6.45) is 3.90. The van der Waals surface area contributed by atoms with Crippen molar-refractivity contribution in [1.29, 1.82) is 0 Å². The fraction of sp³-hybridized carbons (Fsp3) is 0.611. The Hall–Kier alpha value is -0.830. The fourth-order valence-corrected chi connectivity index (χ4v) is 3.49. The van der Waals surface area contributed by atoms with Gasteiger partial charge in [-0.1, -0.05) is 55.3 Å². The molecule has 2 rings (SSSR count). The number of rotatable bonds is 4. The maximum Gasteiger partial charge on any atom is 0.310 e. The highest BCUT2D eigenvalue weighted by Gasteiger charge is 2.33. The molecule has 1 fully saturated rings. The number of ether oxygens (including phenoxy) is 1. The second kappa shape index (κ2) is 7.44. The average molecular weight is 353 g/mol. The minimum atomic E-state index is -0.0953. The van der Waals surface area contributed by atoms with Crippen molar-refractivity contribution >= 4 is 21.9 Å². The van der Waals surface area contributed by atoms with Gasteiger partial charge in [-0.05, 0) is 48.3 Å². The molecule has 0 N–H and O–H groups in total. The van der Waals surface area contributed by atoms with Gasteiger partial charge in [-0.2, -0.15) is 0 Å². The Morgan fingerprint density at radius 3 is 2.57 bits per heavy atom. The third-order valence-corrected chi connectivity index (χ3v) is 5.03. The maximum atomic E-state index is 12.2. The van der Waals surface area contributed by atoms with Gasteiger partial charge in [0.2, 0.25) is 0 Å². The van der Waals surface area contributed by atoms with Crippen molar-refractivity contribution in [3.8, 4) is 0 Å². The number of hydrogen-bond donors (Lipinski definition) is 0. The van der Waals surface area contributed by atoms with Crippen LogP contribution in [-0.4, -0.2) is 12.1 Å². The molecule has 2 nitrogen and oxygen atoms in total. The summed E-state index contributed by atoms with van der Waals surface area (Å²) in [5.74, 6) is 1.64. The smallest absolute Gasteiger partial charge is 0.310 e. The zero-order valence-corrected chi connectivity index (χ0v) is 14.7. The van der Waals surface area contributed by atoms with Crippen LogP contribution < -0.4 is 0 Å². The van der Waals surface area contributed by atoms with Gasteiger partial charge in [-0.25, -0.2) is 0 Å². The summed E-state index contributed by atoms with van der Waals surface area (Å²) in [6, 6.07) is 7.86. The summed E-state index contributed by atoms with van der Waals surface area (Å²) in [5.41, 5.74) is 1.01. The van der Waals surface area contributed by atoms with Crippen LogP contribution in [0.2, 0.25) is 0 Å². The Kier molecular flexibility index (Phi) is 5.86. The van der Waals surface area contributed by atoms with E-state index in [2.05, 4.69) is 36.7 Å². The summed E-state index contributed by atoms with van der Waals surface area (Å²) >= 11 is 3.41. The van der Waals surface area contributed by atoms with Crippen LogP contribution >= 0.6 is 15.9 Å². The molecule has 1 aliphatic carbocycles. The lowest BCUT2D eigenvalue weighted by molar-refractivity contribution is -0.155. The zero-order chi connectivity index (χ0) is 15.4. The van der Waals surface area contributed by atoms with Crippen molar-refractivity contribution < 1.29 is 9.53 Å². The molecule has 3 heteroatoms. The Labute approximate surface area is 136 Å². The summed E-state index contributed by atoms with van der Waals surface area (Å²) in [7, 11) is 0. The topological polar surface area (TPSA) is 26.3 Å². The first-order valence-corrected chi connectivity index (χ1v) is 8.69. The van der Waals surface area contributed by atoms with Crippen LogP contribution in [0.15, 0.2) is 28.7 Å². The highest BCUT2D eigenvalue weighted by atomic mass is 79.9. The van der Waals surface area contributed by atoms with E-state index in [0.717, 1.165) is 16.5 Å². The van der Waals surface area contributed by atoms with Crippen LogP contribution in [0, 0.1) is 17.8 Å². The van der Waals surface area contributed by atoms with Crippen molar-refractivity contribution in [3.63, 3.8) is 0 Å². The highest BCUT2D eigenvalue weighted by Crippen LogP contribution is 2.35. The van der Waals surface area contributed by atoms with Gasteiger partial charge < -0.3 is 4.74 Å². The van der Waals surface area contributed by atoms with E-state index < -0.39 is 0 Å².